The molecule has 0 saturated heterocycles. The molecule has 1 heteroatoms. The van der Waals surface area contributed by atoms with Crippen molar-refractivity contribution in [3.63, 3.8) is 0 Å². The lowest BCUT2D eigenvalue weighted by Crippen LogP contribution is -1.96. The maximum atomic E-state index is 9.13. The molecule has 0 radical (unpaired) electrons. The van der Waals surface area contributed by atoms with Crippen molar-refractivity contribution in [1.82, 2.24) is 0 Å². The van der Waals surface area contributed by atoms with E-state index in [-0.39, 0.29) is 0 Å². The number of benzene rings is 1. The van der Waals surface area contributed by atoms with E-state index in [1.54, 1.807) is 0 Å². The van der Waals surface area contributed by atoms with Gasteiger partial charge in [0.15, 0.2) is 0 Å². The molecule has 0 aliphatic heterocycles. The van der Waals surface area contributed by atoms with E-state index < -0.39 is 0 Å². The van der Waals surface area contributed by atoms with Crippen molar-refractivity contribution >= 4 is 5.57 Å². The second-order valence-corrected chi connectivity index (χ2v) is 4.63. The summed E-state index contributed by atoms with van der Waals surface area (Å²) in [6.07, 6.45) is 8.92. The lowest BCUT2D eigenvalue weighted by molar-refractivity contribution is 0.746. The molecule has 0 spiro atoms. The molecule has 1 unspecified atom stereocenters. The number of hydrogen-bond donors (Lipinski definition) is 0. The second kappa shape index (κ2) is 7.96. The Labute approximate surface area is 122 Å². The van der Waals surface area contributed by atoms with Crippen LogP contribution in [0.4, 0.5) is 0 Å². The van der Waals surface area contributed by atoms with Crippen molar-refractivity contribution in [2.75, 3.05) is 0 Å². The largest absolute Gasteiger partial charge is 0.192 e. The summed E-state index contributed by atoms with van der Waals surface area (Å²) in [5.74, 6) is 0.322. The van der Waals surface area contributed by atoms with Crippen LogP contribution in [-0.2, 0) is 0 Å². The van der Waals surface area contributed by atoms with Gasteiger partial charge in [0.2, 0.25) is 0 Å². The highest BCUT2D eigenvalue weighted by Crippen LogP contribution is 2.21. The summed E-state index contributed by atoms with van der Waals surface area (Å²) in [6.45, 7) is 11.9. The van der Waals surface area contributed by atoms with Gasteiger partial charge >= 0.3 is 0 Å². The third kappa shape index (κ3) is 3.83. The molecule has 0 aliphatic carbocycles. The van der Waals surface area contributed by atoms with Crippen molar-refractivity contribution < 1.29 is 0 Å². The van der Waals surface area contributed by atoms with Gasteiger partial charge in [-0.15, -0.1) is 6.58 Å². The van der Waals surface area contributed by atoms with Gasteiger partial charge in [0.1, 0.15) is 0 Å². The predicted molar refractivity (Wildman–Crippen MR) is 87.1 cm³/mol. The SMILES string of the molecule is C=C/C(=C\C=C(/C)c1ccccc1C#N)C(C=C)CC. The molecule has 1 nitrogen and oxygen atoms in total. The minimum atomic E-state index is 0.322. The summed E-state index contributed by atoms with van der Waals surface area (Å²) < 4.78 is 0. The van der Waals surface area contributed by atoms with E-state index in [4.69, 9.17) is 5.26 Å². The lowest BCUT2D eigenvalue weighted by Gasteiger charge is -2.10. The van der Waals surface area contributed by atoms with E-state index in [0.29, 0.717) is 11.5 Å². The minimum absolute atomic E-state index is 0.322. The number of nitriles is 1. The van der Waals surface area contributed by atoms with Crippen LogP contribution in [0.5, 0.6) is 0 Å². The molecular formula is C19H21N. The fourth-order valence-electron chi connectivity index (χ4n) is 2.12. The zero-order chi connectivity index (χ0) is 15.0. The molecule has 0 saturated carbocycles. The van der Waals surface area contributed by atoms with Gasteiger partial charge in [0.05, 0.1) is 11.6 Å². The molecule has 1 atom stereocenters. The molecular weight excluding hydrogens is 242 g/mol. The summed E-state index contributed by atoms with van der Waals surface area (Å²) in [7, 11) is 0. The Bertz CT molecular complexity index is 582. The lowest BCUT2D eigenvalue weighted by atomic mass is 9.95. The van der Waals surface area contributed by atoms with Gasteiger partial charge in [-0.05, 0) is 36.1 Å². The summed E-state index contributed by atoms with van der Waals surface area (Å²) in [5, 5.41) is 9.13. The van der Waals surface area contributed by atoms with Crippen LogP contribution < -0.4 is 0 Å². The molecule has 1 aromatic rings. The number of nitrogens with zero attached hydrogens (tertiary/aromatic N) is 1. The van der Waals surface area contributed by atoms with E-state index in [0.717, 1.165) is 23.1 Å². The number of allylic oxidation sites excluding steroid dienone is 6. The van der Waals surface area contributed by atoms with Crippen LogP contribution in [-0.4, -0.2) is 0 Å². The third-order valence-corrected chi connectivity index (χ3v) is 3.39. The fourth-order valence-corrected chi connectivity index (χ4v) is 2.12. The van der Waals surface area contributed by atoms with Crippen LogP contribution in [0.1, 0.15) is 31.4 Å². The van der Waals surface area contributed by atoms with Crippen molar-refractivity contribution in [1.29, 1.82) is 5.26 Å². The Morgan fingerprint density at radius 3 is 2.55 bits per heavy atom. The Morgan fingerprint density at radius 1 is 1.30 bits per heavy atom. The van der Waals surface area contributed by atoms with Gasteiger partial charge in [-0.1, -0.05) is 56.0 Å². The first-order valence-electron chi connectivity index (χ1n) is 6.80. The highest BCUT2D eigenvalue weighted by molar-refractivity contribution is 5.70. The van der Waals surface area contributed by atoms with Crippen LogP contribution in [0.3, 0.4) is 0 Å². The number of rotatable bonds is 6. The average Bonchev–Trinajstić information content (AvgIpc) is 2.51. The van der Waals surface area contributed by atoms with E-state index in [1.165, 1.54) is 0 Å². The molecule has 0 aromatic heterocycles. The molecule has 102 valence electrons. The summed E-state index contributed by atoms with van der Waals surface area (Å²) in [4.78, 5) is 0. The third-order valence-electron chi connectivity index (χ3n) is 3.39. The van der Waals surface area contributed by atoms with Crippen LogP contribution in [0.15, 0.2) is 67.3 Å². The zero-order valence-electron chi connectivity index (χ0n) is 12.3. The second-order valence-electron chi connectivity index (χ2n) is 4.63. The molecule has 0 bridgehead atoms. The highest BCUT2D eigenvalue weighted by Gasteiger charge is 2.05. The molecule has 0 aliphatic rings. The topological polar surface area (TPSA) is 23.8 Å². The molecule has 0 heterocycles. The summed E-state index contributed by atoms with van der Waals surface area (Å²) >= 11 is 0. The normalized spacial score (nSPS) is 13.4. The van der Waals surface area contributed by atoms with E-state index in [1.807, 2.05) is 49.4 Å². The van der Waals surface area contributed by atoms with Gasteiger partial charge in [-0.2, -0.15) is 5.26 Å². The Balaban J connectivity index is 3.13. The molecule has 0 fully saturated rings. The van der Waals surface area contributed by atoms with Crippen LogP contribution in [0.25, 0.3) is 5.57 Å². The van der Waals surface area contributed by atoms with E-state index in [2.05, 4.69) is 32.2 Å². The first kappa shape index (κ1) is 15.7. The highest BCUT2D eigenvalue weighted by atomic mass is 14.2. The molecule has 1 aromatic carbocycles. The van der Waals surface area contributed by atoms with Gasteiger partial charge < -0.3 is 0 Å². The number of hydrogen-bond acceptors (Lipinski definition) is 1. The van der Waals surface area contributed by atoms with Crippen molar-refractivity contribution in [3.8, 4) is 6.07 Å². The molecule has 1 rings (SSSR count). The first-order chi connectivity index (χ1) is 9.67. The monoisotopic (exact) mass is 263 g/mol. The quantitative estimate of drug-likeness (QED) is 0.505. The van der Waals surface area contributed by atoms with Crippen LogP contribution >= 0.6 is 0 Å². The van der Waals surface area contributed by atoms with Gasteiger partial charge in [-0.3, -0.25) is 0 Å². The maximum Gasteiger partial charge on any atom is 0.0998 e. The van der Waals surface area contributed by atoms with Gasteiger partial charge in [-0.25, -0.2) is 0 Å². The smallest absolute Gasteiger partial charge is 0.0998 e. The van der Waals surface area contributed by atoms with Gasteiger partial charge in [0.25, 0.3) is 0 Å². The van der Waals surface area contributed by atoms with Crippen LogP contribution in [0, 0.1) is 17.2 Å². The van der Waals surface area contributed by atoms with Gasteiger partial charge in [0, 0.05) is 5.92 Å². The fraction of sp³-hybridized carbons (Fsp3) is 0.211. The summed E-state index contributed by atoms with van der Waals surface area (Å²) in [5.41, 5.74) is 3.89. The van der Waals surface area contributed by atoms with E-state index in [9.17, 15) is 0 Å². The molecule has 20 heavy (non-hydrogen) atoms. The zero-order valence-corrected chi connectivity index (χ0v) is 12.3. The van der Waals surface area contributed by atoms with Crippen molar-refractivity contribution in [3.05, 3.63) is 78.4 Å². The minimum Gasteiger partial charge on any atom is -0.192 e. The van der Waals surface area contributed by atoms with E-state index >= 15 is 0 Å². The standard InChI is InChI=1S/C19H21N/c1-5-16(6-2)17(7-3)13-12-15(4)19-11-9-8-10-18(19)14-20/h5,7-13,16H,1,3,6H2,2,4H3/b15-12+,17-13+. The first-order valence-corrected chi connectivity index (χ1v) is 6.80. The van der Waals surface area contributed by atoms with Crippen molar-refractivity contribution in [2.24, 2.45) is 5.92 Å². The summed E-state index contributed by atoms with van der Waals surface area (Å²) in [6, 6.07) is 9.86. The molecule has 0 amide bonds. The average molecular weight is 263 g/mol. The Hall–Kier alpha value is -2.33. The Morgan fingerprint density at radius 2 is 2.00 bits per heavy atom. The van der Waals surface area contributed by atoms with Crippen molar-refractivity contribution in [2.45, 2.75) is 20.3 Å². The molecule has 0 N–H and O–H groups in total. The maximum absolute atomic E-state index is 9.13. The van der Waals surface area contributed by atoms with Crippen LogP contribution in [0.2, 0.25) is 0 Å². The Kier molecular flexibility index (Phi) is 6.26. The predicted octanol–water partition coefficient (Wildman–Crippen LogP) is 5.29.